The molecule has 0 aliphatic carbocycles. The zero-order chi connectivity index (χ0) is 62.3. The molecule has 1 atom stereocenters. The third-order valence-electron chi connectivity index (χ3n) is 17.4. The van der Waals surface area contributed by atoms with Gasteiger partial charge in [0.2, 0.25) is 0 Å². The second-order valence-corrected chi connectivity index (χ2v) is 24.1. The van der Waals surface area contributed by atoms with E-state index in [1.807, 2.05) is 101 Å². The molecule has 0 spiro atoms. The summed E-state index contributed by atoms with van der Waals surface area (Å²) in [6.07, 6.45) is 9.54. The average Bonchev–Trinajstić information content (AvgIpc) is 1.64. The molecule has 0 unspecified atom stereocenters. The summed E-state index contributed by atoms with van der Waals surface area (Å²) < 4.78 is 80.8. The van der Waals surface area contributed by atoms with Gasteiger partial charge in [0.25, 0.3) is 0 Å². The monoisotopic (exact) mass is 1270 g/mol. The van der Waals surface area contributed by atoms with E-state index >= 15 is 8.78 Å². The molecule has 7 heterocycles. The van der Waals surface area contributed by atoms with Crippen molar-refractivity contribution in [2.45, 2.75) is 104 Å². The van der Waals surface area contributed by atoms with E-state index in [-0.39, 0.29) is 108 Å². The van der Waals surface area contributed by atoms with Gasteiger partial charge in [0.15, 0.2) is 5.60 Å². The number of hydrogen-bond acceptors (Lipinski definition) is 13. The number of piperazine rings is 2. The van der Waals surface area contributed by atoms with Crippen molar-refractivity contribution >= 4 is 35.3 Å². The van der Waals surface area contributed by atoms with Crippen LogP contribution < -0.4 is 87.8 Å². The Morgan fingerprint density at radius 1 is 0.582 bits per heavy atom. The van der Waals surface area contributed by atoms with Crippen LogP contribution in [0.15, 0.2) is 174 Å². The van der Waals surface area contributed by atoms with Crippen molar-refractivity contribution in [3.63, 3.8) is 0 Å². The minimum Gasteiger partial charge on any atom is -0.399 e. The predicted molar refractivity (Wildman–Crippen MR) is 347 cm³/mol. The largest absolute Gasteiger partial charge is 1.00 e. The first kappa shape index (κ1) is 69.7. The predicted octanol–water partition coefficient (Wildman–Crippen LogP) is 7.49. The van der Waals surface area contributed by atoms with Crippen LogP contribution in [-0.2, 0) is 27.4 Å². The Morgan fingerprint density at radius 2 is 0.989 bits per heavy atom. The van der Waals surface area contributed by atoms with Crippen molar-refractivity contribution in [3.8, 4) is 22.5 Å². The Hall–Kier alpha value is -7.16. The van der Waals surface area contributed by atoms with Crippen LogP contribution in [0.3, 0.4) is 0 Å². The summed E-state index contributed by atoms with van der Waals surface area (Å²) in [5, 5.41) is 21.8. The first-order valence-corrected chi connectivity index (χ1v) is 29.6. The van der Waals surface area contributed by atoms with Crippen molar-refractivity contribution < 1.29 is 83.4 Å². The molecule has 474 valence electrons. The van der Waals surface area contributed by atoms with Crippen LogP contribution in [-0.4, -0.2) is 119 Å². The fraction of sp³-hybridized carbons (Fsp3) is 0.358. The van der Waals surface area contributed by atoms with Crippen LogP contribution >= 0.6 is 0 Å². The molecule has 24 heteroatoms. The fourth-order valence-electron chi connectivity index (χ4n) is 11.4. The number of halogens is 4. The van der Waals surface area contributed by atoms with E-state index in [9.17, 15) is 23.5 Å². The van der Waals surface area contributed by atoms with Crippen molar-refractivity contribution in [2.75, 3.05) is 72.0 Å². The second kappa shape index (κ2) is 28.4. The molecule has 3 aliphatic rings. The fourth-order valence-corrected chi connectivity index (χ4v) is 11.4. The van der Waals surface area contributed by atoms with Crippen LogP contribution in [0.25, 0.3) is 22.5 Å². The van der Waals surface area contributed by atoms with Gasteiger partial charge in [-0.15, -0.1) is 5.10 Å². The molecule has 91 heavy (non-hydrogen) atoms. The number of rotatable bonds is 15. The van der Waals surface area contributed by atoms with Gasteiger partial charge in [0, 0.05) is 135 Å². The number of pyridine rings is 1. The summed E-state index contributed by atoms with van der Waals surface area (Å²) in [7, 11) is -0.330. The van der Waals surface area contributed by atoms with Crippen LogP contribution in [0.1, 0.15) is 86.2 Å². The minimum absolute atomic E-state index is 0. The molecule has 3 saturated heterocycles. The molecule has 1 N–H and O–H groups in total. The van der Waals surface area contributed by atoms with Gasteiger partial charge in [-0.1, -0.05) is 37.8 Å². The minimum atomic E-state index is -4.15. The number of aromatic nitrogens is 9. The van der Waals surface area contributed by atoms with Crippen LogP contribution in [0.2, 0.25) is 0 Å². The van der Waals surface area contributed by atoms with Gasteiger partial charge in [0.1, 0.15) is 23.7 Å². The van der Waals surface area contributed by atoms with Gasteiger partial charge in [-0.2, -0.15) is 8.78 Å². The normalized spacial score (nSPS) is 16.2. The van der Waals surface area contributed by atoms with Crippen LogP contribution in [0.4, 0.5) is 40.3 Å². The second-order valence-electron chi connectivity index (χ2n) is 24.1. The van der Waals surface area contributed by atoms with Gasteiger partial charge in [-0.3, -0.25) is 23.3 Å². The van der Waals surface area contributed by atoms with Crippen molar-refractivity contribution in [1.29, 1.82) is 0 Å². The Balaban J connectivity index is 0.000000241. The standard InChI is InChI=1S/C37H35F4N9O2.C28H37BN4O3.CH4.CH3.K/c1-25(2)49-19-20-50(35(49)51)31-11-9-30(10-12-31)47-17-15-46(16-18-47)29-7-3-26(4-8-29)27-5-14-34(42-22-27)37(40,41)36(52,23-48-24-43-44-45-48)32-13-6-28(38)21-33(32)39;1-21(2)32-19-20-33(26(32)34)25-13-11-24(12-14-25)31-17-15-30(16-18-31)23-9-7-22(8-10-23)29-35-27(3,4)28(5,6)36-29;;;/h3-14,19-22,24-25,52H,15-18,23H2,1-2H3;7-14,19-21H,15-18H2,1-6H3;1H4;1H3;/q;;;-1;+1/t36-;;;;/m0..../s1. The summed E-state index contributed by atoms with van der Waals surface area (Å²) in [5.74, 6) is -6.49. The molecule has 18 nitrogen and oxygen atoms in total. The van der Waals surface area contributed by atoms with Crippen molar-refractivity contribution in [3.05, 3.63) is 216 Å². The topological polar surface area (TPSA) is 162 Å². The molecule has 3 aliphatic heterocycles. The number of alkyl halides is 2. The van der Waals surface area contributed by atoms with Gasteiger partial charge in [-0.25, -0.2) is 23.1 Å². The van der Waals surface area contributed by atoms with E-state index in [4.69, 9.17) is 9.31 Å². The van der Waals surface area contributed by atoms with Gasteiger partial charge < -0.3 is 41.4 Å². The van der Waals surface area contributed by atoms with E-state index < -0.39 is 41.0 Å². The zero-order valence-corrected chi connectivity index (χ0v) is 55.7. The van der Waals surface area contributed by atoms with Crippen molar-refractivity contribution in [1.82, 2.24) is 43.5 Å². The Morgan fingerprint density at radius 3 is 1.36 bits per heavy atom. The molecule has 0 saturated carbocycles. The Labute approximate surface area is 572 Å². The summed E-state index contributed by atoms with van der Waals surface area (Å²) in [4.78, 5) is 38.7. The average molecular weight is 1270 g/mol. The SMILES string of the molecule is C.CC(C)n1ccn(-c2ccc(N3CCN(c4ccc(-c5ccc(C(F)(F)[C@](O)(Cn6cnnn6)c6ccc(F)cc6F)nc5)cc4)CC3)cc2)c1=O.CC(C)n1ccn(-c2ccc(N3CCN(c4ccc(B5OC(C)(C)C(C)(C)O5)cc4)CC3)cc2)c1=O.[CH3-].[K+]. The van der Waals surface area contributed by atoms with E-state index in [0.717, 1.165) is 115 Å². The first-order valence-electron chi connectivity index (χ1n) is 29.6. The maximum atomic E-state index is 16.1. The quantitative estimate of drug-likeness (QED) is 0.0612. The van der Waals surface area contributed by atoms with E-state index in [1.54, 1.807) is 30.7 Å². The van der Waals surface area contributed by atoms with Gasteiger partial charge in [0.05, 0.1) is 29.1 Å². The molecule has 4 aromatic heterocycles. The maximum Gasteiger partial charge on any atom is 1.00 e. The summed E-state index contributed by atoms with van der Waals surface area (Å²) in [6.45, 7) is 22.3. The summed E-state index contributed by atoms with van der Waals surface area (Å²) in [6, 6.07) is 37.3. The third-order valence-corrected chi connectivity index (χ3v) is 17.4. The summed E-state index contributed by atoms with van der Waals surface area (Å²) >= 11 is 0. The maximum absolute atomic E-state index is 16.1. The molecular formula is C67H79BF4KN13O5. The van der Waals surface area contributed by atoms with Gasteiger partial charge in [-0.05, 0) is 168 Å². The summed E-state index contributed by atoms with van der Waals surface area (Å²) in [5.41, 5.74) is 2.94. The Bertz CT molecular complexity index is 3940. The van der Waals surface area contributed by atoms with E-state index in [0.29, 0.717) is 11.6 Å². The number of tetrazole rings is 1. The molecule has 0 bridgehead atoms. The van der Waals surface area contributed by atoms with Gasteiger partial charge >= 0.3 is 75.8 Å². The number of hydrogen-bond donors (Lipinski definition) is 1. The van der Waals surface area contributed by atoms with Crippen molar-refractivity contribution in [2.24, 2.45) is 0 Å². The Kier molecular flexibility index (Phi) is 21.7. The molecule has 5 aromatic carbocycles. The number of benzene rings is 5. The number of imidazole rings is 2. The number of aliphatic hydroxyl groups is 1. The molecule has 9 aromatic rings. The van der Waals surface area contributed by atoms with Crippen LogP contribution in [0.5, 0.6) is 0 Å². The number of nitrogens with zero attached hydrogens (tertiary/aromatic N) is 13. The molecule has 0 radical (unpaired) electrons. The van der Waals surface area contributed by atoms with Crippen LogP contribution in [0, 0.1) is 19.1 Å². The molecular weight excluding hydrogens is 1190 g/mol. The molecule has 12 rings (SSSR count). The van der Waals surface area contributed by atoms with E-state index in [1.165, 1.54) is 23.6 Å². The first-order chi connectivity index (χ1) is 42.0. The number of anilines is 4. The molecule has 3 fully saturated rings. The molecule has 0 amide bonds. The zero-order valence-electron chi connectivity index (χ0n) is 52.6. The smallest absolute Gasteiger partial charge is 0.399 e. The third kappa shape index (κ3) is 14.4. The van der Waals surface area contributed by atoms with E-state index in [2.05, 4.69) is 104 Å².